The van der Waals surface area contributed by atoms with E-state index in [9.17, 15) is 4.79 Å². The maximum atomic E-state index is 11.5. The molecule has 0 aliphatic rings. The minimum atomic E-state index is -1.48. The number of benzene rings is 2. The number of hydrogen-bond acceptors (Lipinski definition) is 6. The minimum Gasteiger partial charge on any atom is -0.465 e. The van der Waals surface area contributed by atoms with E-state index in [2.05, 4.69) is 10.1 Å². The smallest absolute Gasteiger partial charge is 0.465 e. The van der Waals surface area contributed by atoms with Crippen LogP contribution in [0.3, 0.4) is 0 Å². The lowest BCUT2D eigenvalue weighted by Crippen LogP contribution is -2.29. The number of methoxy groups -OCH3 is 1. The van der Waals surface area contributed by atoms with Crippen LogP contribution in [0, 0.1) is 5.41 Å². The zero-order valence-electron chi connectivity index (χ0n) is 12.6. The van der Waals surface area contributed by atoms with E-state index in [1.54, 1.807) is 42.5 Å². The summed E-state index contributed by atoms with van der Waals surface area (Å²) in [6, 6.07) is 11.8. The number of ether oxygens (including phenoxy) is 1. The lowest BCUT2D eigenvalue weighted by molar-refractivity contribution is 0.0600. The molecule has 7 heteroatoms. The molecule has 4 N–H and O–H groups in total. The zero-order chi connectivity index (χ0) is 16.8. The fraction of sp³-hybridized carbons (Fsp3) is 0.125. The summed E-state index contributed by atoms with van der Waals surface area (Å²) in [5.41, 5.74) is 3.06. The van der Waals surface area contributed by atoms with Crippen molar-refractivity contribution in [1.82, 2.24) is 0 Å². The van der Waals surface area contributed by atoms with Gasteiger partial charge in [-0.1, -0.05) is 24.3 Å². The van der Waals surface area contributed by atoms with E-state index in [1.165, 1.54) is 13.3 Å². The van der Waals surface area contributed by atoms with E-state index in [4.69, 9.17) is 15.5 Å². The van der Waals surface area contributed by atoms with Crippen molar-refractivity contribution in [3.8, 4) is 0 Å². The Morgan fingerprint density at radius 2 is 1.96 bits per heavy atom. The van der Waals surface area contributed by atoms with Crippen LogP contribution in [0.2, 0.25) is 0 Å². The van der Waals surface area contributed by atoms with Crippen LogP contribution in [0.15, 0.2) is 42.5 Å². The van der Waals surface area contributed by atoms with E-state index >= 15 is 0 Å². The Morgan fingerprint density at radius 1 is 1.26 bits per heavy atom. The average Bonchev–Trinajstić information content (AvgIpc) is 2.59. The molecular weight excluding hydrogens is 295 g/mol. The number of nitrogens with one attached hydrogen (secondary N) is 2. The Kier molecular flexibility index (Phi) is 5.51. The van der Waals surface area contributed by atoms with Crippen molar-refractivity contribution in [2.24, 2.45) is 0 Å². The molecule has 0 aliphatic carbocycles. The van der Waals surface area contributed by atoms with Crippen molar-refractivity contribution in [2.75, 3.05) is 12.4 Å². The van der Waals surface area contributed by atoms with Crippen LogP contribution in [0.25, 0.3) is 0 Å². The SMILES string of the molecule is COC(=O)c1ccc(NCc2ccc(B(O)O)cc2)c(C=N)c1. The van der Waals surface area contributed by atoms with Crippen molar-refractivity contribution < 1.29 is 19.6 Å². The first kappa shape index (κ1) is 16.7. The van der Waals surface area contributed by atoms with Gasteiger partial charge in [-0.15, -0.1) is 0 Å². The van der Waals surface area contributed by atoms with Crippen LogP contribution >= 0.6 is 0 Å². The van der Waals surface area contributed by atoms with Gasteiger partial charge in [-0.05, 0) is 29.2 Å². The number of carbonyl (C=O) groups is 1. The Balaban J connectivity index is 2.10. The Morgan fingerprint density at radius 3 is 2.52 bits per heavy atom. The van der Waals surface area contributed by atoms with Gasteiger partial charge in [0.25, 0.3) is 0 Å². The Bertz CT molecular complexity index is 702. The average molecular weight is 312 g/mol. The molecule has 0 aromatic heterocycles. The third-order valence-corrected chi connectivity index (χ3v) is 3.39. The van der Waals surface area contributed by atoms with Gasteiger partial charge in [0.1, 0.15) is 0 Å². The molecule has 0 fully saturated rings. The molecule has 0 bridgehead atoms. The lowest BCUT2D eigenvalue weighted by Gasteiger charge is -2.11. The second kappa shape index (κ2) is 7.57. The molecule has 2 aromatic carbocycles. The van der Waals surface area contributed by atoms with Gasteiger partial charge in [-0.2, -0.15) is 0 Å². The maximum Gasteiger partial charge on any atom is 0.488 e. The Labute approximate surface area is 134 Å². The quantitative estimate of drug-likeness (QED) is 0.358. The van der Waals surface area contributed by atoms with Gasteiger partial charge >= 0.3 is 13.1 Å². The van der Waals surface area contributed by atoms with Crippen molar-refractivity contribution in [3.63, 3.8) is 0 Å². The van der Waals surface area contributed by atoms with Crippen LogP contribution in [0.4, 0.5) is 5.69 Å². The van der Waals surface area contributed by atoms with Gasteiger partial charge in [0.2, 0.25) is 0 Å². The molecule has 0 aliphatic heterocycles. The summed E-state index contributed by atoms with van der Waals surface area (Å²) in [6.45, 7) is 0.500. The largest absolute Gasteiger partial charge is 0.488 e. The molecule has 2 aromatic rings. The molecule has 118 valence electrons. The van der Waals surface area contributed by atoms with Crippen molar-refractivity contribution >= 4 is 30.5 Å². The second-order valence-corrected chi connectivity index (χ2v) is 4.91. The van der Waals surface area contributed by atoms with E-state index in [1.807, 2.05) is 0 Å². The van der Waals surface area contributed by atoms with Crippen LogP contribution in [-0.4, -0.2) is 36.5 Å². The fourth-order valence-corrected chi connectivity index (χ4v) is 2.09. The number of hydrogen-bond donors (Lipinski definition) is 4. The maximum absolute atomic E-state index is 11.5. The standard InChI is InChI=1S/C16H17BN2O4/c1-23-16(20)12-4-7-15(13(8-12)9-18)19-10-11-2-5-14(6-3-11)17(21)22/h2-9,18-19,21-22H,10H2,1H3. The first-order valence-corrected chi connectivity index (χ1v) is 6.97. The van der Waals surface area contributed by atoms with Gasteiger partial charge in [-0.3, -0.25) is 0 Å². The van der Waals surface area contributed by atoms with E-state index < -0.39 is 13.1 Å². The highest BCUT2D eigenvalue weighted by atomic mass is 16.5. The molecule has 0 spiro atoms. The van der Waals surface area contributed by atoms with Crippen molar-refractivity contribution in [2.45, 2.75) is 6.54 Å². The second-order valence-electron chi connectivity index (χ2n) is 4.91. The molecule has 2 rings (SSSR count). The molecule has 6 nitrogen and oxygen atoms in total. The molecule has 0 unspecified atom stereocenters. The highest BCUT2D eigenvalue weighted by Crippen LogP contribution is 2.17. The summed E-state index contributed by atoms with van der Waals surface area (Å²) >= 11 is 0. The molecule has 0 amide bonds. The highest BCUT2D eigenvalue weighted by molar-refractivity contribution is 6.58. The molecule has 0 atom stereocenters. The summed E-state index contributed by atoms with van der Waals surface area (Å²) in [5, 5.41) is 28.8. The summed E-state index contributed by atoms with van der Waals surface area (Å²) < 4.78 is 4.66. The Hall–Kier alpha value is -2.64. The lowest BCUT2D eigenvalue weighted by atomic mass is 9.80. The highest BCUT2D eigenvalue weighted by Gasteiger charge is 2.10. The van der Waals surface area contributed by atoms with Gasteiger partial charge in [0.05, 0.1) is 12.7 Å². The van der Waals surface area contributed by atoms with Crippen LogP contribution in [0.1, 0.15) is 21.5 Å². The minimum absolute atomic E-state index is 0.387. The predicted octanol–water partition coefficient (Wildman–Crippen LogP) is 0.763. The van der Waals surface area contributed by atoms with Gasteiger partial charge in [-0.25, -0.2) is 4.79 Å². The van der Waals surface area contributed by atoms with Crippen LogP contribution in [-0.2, 0) is 11.3 Å². The number of carbonyl (C=O) groups excluding carboxylic acids is 1. The van der Waals surface area contributed by atoms with Gasteiger partial charge < -0.3 is 25.5 Å². The van der Waals surface area contributed by atoms with E-state index in [-0.39, 0.29) is 0 Å². The topological polar surface area (TPSA) is 103 Å². The molecule has 0 saturated heterocycles. The molecule has 23 heavy (non-hydrogen) atoms. The molecule has 0 saturated carbocycles. The van der Waals surface area contributed by atoms with Gasteiger partial charge in [0, 0.05) is 24.0 Å². The number of rotatable bonds is 6. The predicted molar refractivity (Wildman–Crippen MR) is 89.3 cm³/mol. The summed E-state index contributed by atoms with van der Waals surface area (Å²) in [4.78, 5) is 11.5. The summed E-state index contributed by atoms with van der Waals surface area (Å²) in [5.74, 6) is -0.446. The third-order valence-electron chi connectivity index (χ3n) is 3.39. The molecule has 0 radical (unpaired) electrons. The van der Waals surface area contributed by atoms with Gasteiger partial charge in [0.15, 0.2) is 0 Å². The summed E-state index contributed by atoms with van der Waals surface area (Å²) in [7, 11) is -0.168. The van der Waals surface area contributed by atoms with E-state index in [0.29, 0.717) is 23.1 Å². The zero-order valence-corrected chi connectivity index (χ0v) is 12.6. The fourth-order valence-electron chi connectivity index (χ4n) is 2.09. The monoisotopic (exact) mass is 312 g/mol. The first-order chi connectivity index (χ1) is 11.0. The number of esters is 1. The third kappa shape index (κ3) is 4.18. The van der Waals surface area contributed by atoms with Crippen molar-refractivity contribution in [1.29, 1.82) is 5.41 Å². The van der Waals surface area contributed by atoms with Crippen LogP contribution in [0.5, 0.6) is 0 Å². The normalized spacial score (nSPS) is 10.0. The van der Waals surface area contributed by atoms with Crippen molar-refractivity contribution in [3.05, 3.63) is 59.2 Å². The summed E-state index contributed by atoms with van der Waals surface area (Å²) in [6.07, 6.45) is 1.17. The van der Waals surface area contributed by atoms with E-state index in [0.717, 1.165) is 11.3 Å². The van der Waals surface area contributed by atoms with Crippen LogP contribution < -0.4 is 10.8 Å². The molecular formula is C16H17BN2O4. The molecule has 0 heterocycles. The first-order valence-electron chi connectivity index (χ1n) is 6.97. The number of anilines is 1.